The predicted octanol–water partition coefficient (Wildman–Crippen LogP) is 1.40. The van der Waals surface area contributed by atoms with E-state index in [1.165, 1.54) is 19.3 Å². The third kappa shape index (κ3) is 5.74. The molecule has 0 aliphatic carbocycles. The fourth-order valence-electron chi connectivity index (χ4n) is 1.76. The van der Waals surface area contributed by atoms with E-state index in [0.717, 1.165) is 6.54 Å². The van der Waals surface area contributed by atoms with Crippen molar-refractivity contribution in [3.8, 4) is 0 Å². The first-order valence-electron chi connectivity index (χ1n) is 5.75. The van der Waals surface area contributed by atoms with Gasteiger partial charge in [-0.25, -0.2) is 0 Å². The van der Waals surface area contributed by atoms with Gasteiger partial charge in [0.25, 0.3) is 0 Å². The number of piperidine rings is 1. The van der Waals surface area contributed by atoms with Crippen LogP contribution < -0.4 is 5.32 Å². The van der Waals surface area contributed by atoms with Gasteiger partial charge in [0.15, 0.2) is 0 Å². The molecule has 0 amide bonds. The fraction of sp³-hybridized carbons (Fsp3) is 0.909. The maximum atomic E-state index is 10.3. The molecule has 0 aromatic rings. The average Bonchev–Trinajstić information content (AvgIpc) is 2.25. The third-order valence-electron chi connectivity index (χ3n) is 2.76. The molecule has 0 radical (unpaired) electrons. The van der Waals surface area contributed by atoms with Gasteiger partial charge in [-0.05, 0) is 32.7 Å². The molecular weight excluding hydrogens is 194 g/mol. The highest BCUT2D eigenvalue weighted by atomic mass is 16.5. The van der Waals surface area contributed by atoms with E-state index in [-0.39, 0.29) is 12.5 Å². The molecular formula is C11H21NO3. The molecule has 1 aliphatic rings. The van der Waals surface area contributed by atoms with Crippen LogP contribution in [0.4, 0.5) is 0 Å². The SMILES string of the molecule is CC(CCC(=O)O)OCC1CCCCN1. The van der Waals surface area contributed by atoms with Gasteiger partial charge >= 0.3 is 5.97 Å². The number of carboxylic acid groups (broad SMARTS) is 1. The average molecular weight is 215 g/mol. The Morgan fingerprint density at radius 2 is 2.40 bits per heavy atom. The van der Waals surface area contributed by atoms with E-state index >= 15 is 0 Å². The zero-order valence-electron chi connectivity index (χ0n) is 9.37. The maximum absolute atomic E-state index is 10.3. The van der Waals surface area contributed by atoms with Crippen molar-refractivity contribution in [1.29, 1.82) is 0 Å². The second kappa shape index (κ2) is 6.80. The van der Waals surface area contributed by atoms with Crippen LogP contribution in [0.25, 0.3) is 0 Å². The van der Waals surface area contributed by atoms with Crippen molar-refractivity contribution in [2.45, 2.75) is 51.2 Å². The van der Waals surface area contributed by atoms with Crippen molar-refractivity contribution in [2.75, 3.05) is 13.2 Å². The van der Waals surface area contributed by atoms with E-state index < -0.39 is 5.97 Å². The van der Waals surface area contributed by atoms with Crippen LogP contribution in [0.1, 0.15) is 39.0 Å². The van der Waals surface area contributed by atoms with Crippen LogP contribution in [0.3, 0.4) is 0 Å². The van der Waals surface area contributed by atoms with Crippen LogP contribution in [0, 0.1) is 0 Å². The number of ether oxygens (including phenoxy) is 1. The number of carboxylic acids is 1. The quantitative estimate of drug-likeness (QED) is 0.703. The number of rotatable bonds is 6. The molecule has 0 aromatic carbocycles. The molecule has 0 bridgehead atoms. The van der Waals surface area contributed by atoms with Gasteiger partial charge in [-0.3, -0.25) is 4.79 Å². The molecule has 1 saturated heterocycles. The summed E-state index contributed by atoms with van der Waals surface area (Å²) in [4.78, 5) is 10.3. The molecule has 1 aliphatic heterocycles. The Bertz CT molecular complexity index is 190. The number of hydrogen-bond acceptors (Lipinski definition) is 3. The highest BCUT2D eigenvalue weighted by Gasteiger charge is 2.14. The standard InChI is InChI=1S/C11H21NO3/c1-9(5-6-11(13)14)15-8-10-4-2-3-7-12-10/h9-10,12H,2-8H2,1H3,(H,13,14). The van der Waals surface area contributed by atoms with Crippen LogP contribution >= 0.6 is 0 Å². The molecule has 1 fully saturated rings. The third-order valence-corrected chi connectivity index (χ3v) is 2.76. The Morgan fingerprint density at radius 3 is 3.00 bits per heavy atom. The Labute approximate surface area is 91.0 Å². The Kier molecular flexibility index (Phi) is 5.65. The predicted molar refractivity (Wildman–Crippen MR) is 57.9 cm³/mol. The second-order valence-electron chi connectivity index (χ2n) is 4.22. The smallest absolute Gasteiger partial charge is 0.303 e. The van der Waals surface area contributed by atoms with Gasteiger partial charge in [-0.15, -0.1) is 0 Å². The minimum Gasteiger partial charge on any atom is -0.481 e. The molecule has 1 heterocycles. The lowest BCUT2D eigenvalue weighted by molar-refractivity contribution is -0.137. The Balaban J connectivity index is 2.04. The van der Waals surface area contributed by atoms with Crippen LogP contribution in [0.15, 0.2) is 0 Å². The molecule has 4 nitrogen and oxygen atoms in total. The Morgan fingerprint density at radius 1 is 1.60 bits per heavy atom. The monoisotopic (exact) mass is 215 g/mol. The number of aliphatic carboxylic acids is 1. The van der Waals surface area contributed by atoms with Gasteiger partial charge in [0.05, 0.1) is 12.7 Å². The van der Waals surface area contributed by atoms with Crippen molar-refractivity contribution in [2.24, 2.45) is 0 Å². The van der Waals surface area contributed by atoms with E-state index in [2.05, 4.69) is 5.32 Å². The summed E-state index contributed by atoms with van der Waals surface area (Å²) in [6, 6.07) is 0.464. The normalized spacial score (nSPS) is 23.7. The van der Waals surface area contributed by atoms with Gasteiger partial charge < -0.3 is 15.2 Å². The zero-order chi connectivity index (χ0) is 11.1. The molecule has 88 valence electrons. The summed E-state index contributed by atoms with van der Waals surface area (Å²) >= 11 is 0. The lowest BCUT2D eigenvalue weighted by atomic mass is 10.1. The van der Waals surface area contributed by atoms with Crippen molar-refractivity contribution in [3.05, 3.63) is 0 Å². The van der Waals surface area contributed by atoms with Crippen molar-refractivity contribution in [1.82, 2.24) is 5.32 Å². The first-order chi connectivity index (χ1) is 7.18. The fourth-order valence-corrected chi connectivity index (χ4v) is 1.76. The second-order valence-corrected chi connectivity index (χ2v) is 4.22. The number of hydrogen-bond donors (Lipinski definition) is 2. The molecule has 0 saturated carbocycles. The van der Waals surface area contributed by atoms with Gasteiger partial charge in [-0.2, -0.15) is 0 Å². The van der Waals surface area contributed by atoms with Crippen molar-refractivity contribution in [3.63, 3.8) is 0 Å². The zero-order valence-corrected chi connectivity index (χ0v) is 9.37. The van der Waals surface area contributed by atoms with Crippen LogP contribution in [-0.4, -0.2) is 36.4 Å². The minimum atomic E-state index is -0.749. The van der Waals surface area contributed by atoms with Crippen molar-refractivity contribution >= 4 is 5.97 Å². The van der Waals surface area contributed by atoms with Crippen LogP contribution in [0.2, 0.25) is 0 Å². The first kappa shape index (κ1) is 12.5. The first-order valence-corrected chi connectivity index (χ1v) is 5.75. The summed E-state index contributed by atoms with van der Waals surface area (Å²) in [5, 5.41) is 11.9. The highest BCUT2D eigenvalue weighted by molar-refractivity contribution is 5.66. The van der Waals surface area contributed by atoms with Gasteiger partial charge in [0.2, 0.25) is 0 Å². The molecule has 1 rings (SSSR count). The minimum absolute atomic E-state index is 0.0461. The highest BCUT2D eigenvalue weighted by Crippen LogP contribution is 2.09. The molecule has 4 heteroatoms. The van der Waals surface area contributed by atoms with E-state index in [9.17, 15) is 4.79 Å². The maximum Gasteiger partial charge on any atom is 0.303 e. The summed E-state index contributed by atoms with van der Waals surface area (Å²) in [7, 11) is 0. The van der Waals surface area contributed by atoms with E-state index in [1.807, 2.05) is 6.92 Å². The summed E-state index contributed by atoms with van der Waals surface area (Å²) in [6.45, 7) is 3.73. The molecule has 2 N–H and O–H groups in total. The van der Waals surface area contributed by atoms with Crippen LogP contribution in [0.5, 0.6) is 0 Å². The van der Waals surface area contributed by atoms with Crippen LogP contribution in [-0.2, 0) is 9.53 Å². The molecule has 2 unspecified atom stereocenters. The summed E-state index contributed by atoms with van der Waals surface area (Å²) in [6.07, 6.45) is 4.53. The van der Waals surface area contributed by atoms with Gasteiger partial charge in [0, 0.05) is 12.5 Å². The lowest BCUT2D eigenvalue weighted by Gasteiger charge is -2.24. The van der Waals surface area contributed by atoms with E-state index in [1.54, 1.807) is 0 Å². The largest absolute Gasteiger partial charge is 0.481 e. The van der Waals surface area contributed by atoms with E-state index in [0.29, 0.717) is 19.1 Å². The number of carbonyl (C=O) groups is 1. The van der Waals surface area contributed by atoms with Gasteiger partial charge in [-0.1, -0.05) is 6.42 Å². The molecule has 15 heavy (non-hydrogen) atoms. The molecule has 2 atom stereocenters. The Hall–Kier alpha value is -0.610. The topological polar surface area (TPSA) is 58.6 Å². The summed E-state index contributed by atoms with van der Waals surface area (Å²) in [5.74, 6) is -0.749. The lowest BCUT2D eigenvalue weighted by Crippen LogP contribution is -2.38. The summed E-state index contributed by atoms with van der Waals surface area (Å²) in [5.41, 5.74) is 0. The molecule has 0 spiro atoms. The van der Waals surface area contributed by atoms with E-state index in [4.69, 9.17) is 9.84 Å². The summed E-state index contributed by atoms with van der Waals surface area (Å²) < 4.78 is 5.61. The van der Waals surface area contributed by atoms with Crippen molar-refractivity contribution < 1.29 is 14.6 Å². The molecule has 0 aromatic heterocycles. The van der Waals surface area contributed by atoms with Gasteiger partial charge in [0.1, 0.15) is 0 Å². The number of nitrogens with one attached hydrogen (secondary N) is 1.